The van der Waals surface area contributed by atoms with Crippen molar-refractivity contribution in [2.45, 2.75) is 0 Å². The normalized spacial score (nSPS) is 10.1. The van der Waals surface area contributed by atoms with E-state index in [1.165, 1.54) is 0 Å². The Bertz CT molecular complexity index is 574. The van der Waals surface area contributed by atoms with E-state index >= 15 is 0 Å². The van der Waals surface area contributed by atoms with Gasteiger partial charge in [-0.15, -0.1) is 0 Å². The van der Waals surface area contributed by atoms with Gasteiger partial charge in [0.15, 0.2) is 23.3 Å². The fraction of sp³-hybridized carbons (Fsp3) is 0.0769. The number of benzene rings is 1. The molecule has 1 aromatic carbocycles. The van der Waals surface area contributed by atoms with Crippen molar-refractivity contribution in [3.63, 3.8) is 0 Å². The maximum atomic E-state index is 11.9. The van der Waals surface area contributed by atoms with Crippen molar-refractivity contribution in [2.24, 2.45) is 0 Å². The Balaban J connectivity index is 2.03. The van der Waals surface area contributed by atoms with Crippen molar-refractivity contribution in [2.75, 3.05) is 6.61 Å². The van der Waals surface area contributed by atoms with Crippen LogP contribution < -0.4 is 4.74 Å². The Morgan fingerprint density at radius 1 is 1.33 bits per heavy atom. The van der Waals surface area contributed by atoms with E-state index in [-0.39, 0.29) is 17.5 Å². The number of rotatable bonds is 4. The molecule has 1 aromatic heterocycles. The summed E-state index contributed by atoms with van der Waals surface area (Å²) in [5.41, 5.74) is 0.587. The van der Waals surface area contributed by atoms with Crippen molar-refractivity contribution in [3.05, 3.63) is 57.8 Å². The SMILES string of the molecule is O=C(COc1cccnc1Cl)c1cccc(Br)c1. The molecule has 0 aliphatic carbocycles. The molecule has 0 amide bonds. The summed E-state index contributed by atoms with van der Waals surface area (Å²) in [5, 5.41) is 0.250. The van der Waals surface area contributed by atoms with Gasteiger partial charge in [0.05, 0.1) is 0 Å². The molecular weight excluding hydrogens is 318 g/mol. The van der Waals surface area contributed by atoms with E-state index in [1.807, 2.05) is 6.07 Å². The Hall–Kier alpha value is -1.39. The highest BCUT2D eigenvalue weighted by Gasteiger charge is 2.08. The average molecular weight is 327 g/mol. The van der Waals surface area contributed by atoms with Gasteiger partial charge in [0.1, 0.15) is 0 Å². The molecule has 18 heavy (non-hydrogen) atoms. The number of hydrogen-bond acceptors (Lipinski definition) is 3. The Morgan fingerprint density at radius 2 is 2.17 bits per heavy atom. The number of carbonyl (C=O) groups excluding carboxylic acids is 1. The van der Waals surface area contributed by atoms with Crippen LogP contribution in [0.3, 0.4) is 0 Å². The van der Waals surface area contributed by atoms with E-state index in [0.29, 0.717) is 11.3 Å². The fourth-order valence-corrected chi connectivity index (χ4v) is 1.94. The van der Waals surface area contributed by atoms with Crippen molar-refractivity contribution in [1.29, 1.82) is 0 Å². The van der Waals surface area contributed by atoms with Crippen LogP contribution in [0.25, 0.3) is 0 Å². The molecule has 0 aliphatic rings. The van der Waals surface area contributed by atoms with Gasteiger partial charge in [0, 0.05) is 16.2 Å². The van der Waals surface area contributed by atoms with E-state index in [2.05, 4.69) is 20.9 Å². The maximum Gasteiger partial charge on any atom is 0.200 e. The Kier molecular flexibility index (Phi) is 4.33. The molecule has 0 bridgehead atoms. The van der Waals surface area contributed by atoms with Crippen molar-refractivity contribution >= 4 is 33.3 Å². The van der Waals surface area contributed by atoms with Gasteiger partial charge in [-0.25, -0.2) is 4.98 Å². The minimum atomic E-state index is -0.115. The Labute approximate surface area is 118 Å². The second kappa shape index (κ2) is 5.98. The van der Waals surface area contributed by atoms with Crippen LogP contribution in [0.2, 0.25) is 5.15 Å². The van der Waals surface area contributed by atoms with Crippen LogP contribution in [0, 0.1) is 0 Å². The molecule has 0 atom stereocenters. The first-order chi connectivity index (χ1) is 8.66. The summed E-state index contributed by atoms with van der Waals surface area (Å²) < 4.78 is 6.19. The van der Waals surface area contributed by atoms with Gasteiger partial charge in [-0.1, -0.05) is 39.7 Å². The first kappa shape index (κ1) is 13.1. The minimum Gasteiger partial charge on any atom is -0.482 e. The second-order valence-electron chi connectivity index (χ2n) is 3.51. The third-order valence-corrected chi connectivity index (χ3v) is 3.01. The van der Waals surface area contributed by atoms with Crippen molar-refractivity contribution in [1.82, 2.24) is 4.98 Å². The number of hydrogen-bond donors (Lipinski definition) is 0. The lowest BCUT2D eigenvalue weighted by Crippen LogP contribution is -2.11. The first-order valence-electron chi connectivity index (χ1n) is 5.19. The van der Waals surface area contributed by atoms with Crippen LogP contribution in [0.15, 0.2) is 47.1 Å². The lowest BCUT2D eigenvalue weighted by molar-refractivity contribution is 0.0921. The number of aromatic nitrogens is 1. The molecule has 0 N–H and O–H groups in total. The quantitative estimate of drug-likeness (QED) is 0.634. The number of ether oxygens (including phenoxy) is 1. The van der Waals surface area contributed by atoms with Gasteiger partial charge in [0.2, 0.25) is 0 Å². The van der Waals surface area contributed by atoms with Crippen LogP contribution in [-0.2, 0) is 0 Å². The smallest absolute Gasteiger partial charge is 0.200 e. The van der Waals surface area contributed by atoms with Gasteiger partial charge >= 0.3 is 0 Å². The first-order valence-corrected chi connectivity index (χ1v) is 6.36. The van der Waals surface area contributed by atoms with Crippen molar-refractivity contribution in [3.8, 4) is 5.75 Å². The van der Waals surface area contributed by atoms with Crippen LogP contribution in [0.1, 0.15) is 10.4 Å². The fourth-order valence-electron chi connectivity index (χ4n) is 1.37. The molecule has 0 radical (unpaired) electrons. The van der Waals surface area contributed by atoms with Crippen molar-refractivity contribution < 1.29 is 9.53 Å². The average Bonchev–Trinajstić information content (AvgIpc) is 2.37. The third-order valence-electron chi connectivity index (χ3n) is 2.23. The summed E-state index contributed by atoms with van der Waals surface area (Å²) in [4.78, 5) is 15.7. The van der Waals surface area contributed by atoms with Gasteiger partial charge in [0.25, 0.3) is 0 Å². The monoisotopic (exact) mass is 325 g/mol. The van der Waals surface area contributed by atoms with Gasteiger partial charge in [-0.05, 0) is 24.3 Å². The lowest BCUT2D eigenvalue weighted by atomic mass is 10.1. The standard InChI is InChI=1S/C13H9BrClNO2/c14-10-4-1-3-9(7-10)11(17)8-18-12-5-2-6-16-13(12)15/h1-7H,8H2. The molecule has 2 aromatic rings. The number of halogens is 2. The summed E-state index contributed by atoms with van der Waals surface area (Å²) in [6.45, 7) is -0.0676. The van der Waals surface area contributed by atoms with E-state index in [0.717, 1.165) is 4.47 Å². The molecule has 0 spiro atoms. The van der Waals surface area contributed by atoms with Gasteiger partial charge < -0.3 is 4.74 Å². The molecule has 3 nitrogen and oxygen atoms in total. The number of carbonyl (C=O) groups is 1. The molecule has 0 fully saturated rings. The summed E-state index contributed by atoms with van der Waals surface area (Å²) in [7, 11) is 0. The van der Waals surface area contributed by atoms with Gasteiger partial charge in [-0.2, -0.15) is 0 Å². The van der Waals surface area contributed by atoms with E-state index in [4.69, 9.17) is 16.3 Å². The second-order valence-corrected chi connectivity index (χ2v) is 4.79. The summed E-state index contributed by atoms with van der Waals surface area (Å²) in [6, 6.07) is 10.5. The maximum absolute atomic E-state index is 11.9. The highest BCUT2D eigenvalue weighted by atomic mass is 79.9. The number of pyridine rings is 1. The molecule has 5 heteroatoms. The zero-order valence-electron chi connectivity index (χ0n) is 9.27. The third kappa shape index (κ3) is 3.31. The molecule has 1 heterocycles. The van der Waals surface area contributed by atoms with Crippen LogP contribution in [0.5, 0.6) is 5.75 Å². The van der Waals surface area contributed by atoms with Gasteiger partial charge in [-0.3, -0.25) is 4.79 Å². The molecule has 0 saturated heterocycles. The molecule has 0 unspecified atom stereocenters. The number of nitrogens with zero attached hydrogens (tertiary/aromatic N) is 1. The highest BCUT2D eigenvalue weighted by molar-refractivity contribution is 9.10. The number of Topliss-reactive ketones (excluding diaryl/α,β-unsaturated/α-hetero) is 1. The van der Waals surface area contributed by atoms with E-state index in [9.17, 15) is 4.79 Å². The highest BCUT2D eigenvalue weighted by Crippen LogP contribution is 2.20. The van der Waals surface area contributed by atoms with E-state index in [1.54, 1.807) is 36.5 Å². The summed E-state index contributed by atoms with van der Waals surface area (Å²) in [6.07, 6.45) is 1.56. The summed E-state index contributed by atoms with van der Waals surface area (Å²) in [5.74, 6) is 0.290. The largest absolute Gasteiger partial charge is 0.482 e. The lowest BCUT2D eigenvalue weighted by Gasteiger charge is -2.06. The van der Waals surface area contributed by atoms with Crippen LogP contribution >= 0.6 is 27.5 Å². The van der Waals surface area contributed by atoms with E-state index < -0.39 is 0 Å². The predicted octanol–water partition coefficient (Wildman–Crippen LogP) is 3.76. The molecule has 0 saturated carbocycles. The Morgan fingerprint density at radius 3 is 2.89 bits per heavy atom. The molecule has 92 valence electrons. The zero-order valence-corrected chi connectivity index (χ0v) is 11.6. The molecule has 0 aliphatic heterocycles. The molecular formula is C13H9BrClNO2. The zero-order chi connectivity index (χ0) is 13.0. The van der Waals surface area contributed by atoms with Crippen LogP contribution in [-0.4, -0.2) is 17.4 Å². The predicted molar refractivity (Wildman–Crippen MR) is 73.2 cm³/mol. The van der Waals surface area contributed by atoms with Crippen LogP contribution in [0.4, 0.5) is 0 Å². The molecule has 2 rings (SSSR count). The number of ketones is 1. The minimum absolute atomic E-state index is 0.0676. The topological polar surface area (TPSA) is 39.2 Å². The summed E-state index contributed by atoms with van der Waals surface area (Å²) >= 11 is 9.14.